The normalized spacial score (nSPS) is 24.1. The average Bonchev–Trinajstić information content (AvgIpc) is 2.35. The lowest BCUT2D eigenvalue weighted by Crippen LogP contribution is -2.38. The van der Waals surface area contributed by atoms with Crippen LogP contribution in [0.3, 0.4) is 0 Å². The number of rotatable bonds is 4. The second-order valence-electron chi connectivity index (χ2n) is 5.68. The molecule has 100 valence electrons. The van der Waals surface area contributed by atoms with Gasteiger partial charge in [-0.05, 0) is 30.7 Å². The molecule has 1 aliphatic heterocycles. The van der Waals surface area contributed by atoms with E-state index in [0.29, 0.717) is 0 Å². The molecule has 1 saturated heterocycles. The summed E-state index contributed by atoms with van der Waals surface area (Å²) in [5.74, 6) is 2.57. The quantitative estimate of drug-likeness (QED) is 0.884. The molecule has 0 amide bonds. The van der Waals surface area contributed by atoms with Crippen molar-refractivity contribution in [2.45, 2.75) is 33.6 Å². The van der Waals surface area contributed by atoms with Crippen LogP contribution in [0.4, 0.5) is 11.5 Å². The summed E-state index contributed by atoms with van der Waals surface area (Å²) in [5.41, 5.74) is 1.31. The minimum absolute atomic E-state index is 0.786. The SMILES string of the molecule is CCCNc1cc(N2CC(C)CC(C)C2)ccn1. The molecule has 1 aliphatic rings. The van der Waals surface area contributed by atoms with Gasteiger partial charge in [-0.1, -0.05) is 20.8 Å². The number of nitrogens with one attached hydrogen (secondary N) is 1. The third-order valence-corrected chi connectivity index (χ3v) is 3.53. The van der Waals surface area contributed by atoms with E-state index in [-0.39, 0.29) is 0 Å². The van der Waals surface area contributed by atoms with Gasteiger partial charge in [0.1, 0.15) is 5.82 Å². The van der Waals surface area contributed by atoms with E-state index in [1.807, 2.05) is 6.20 Å². The molecular weight excluding hydrogens is 222 g/mol. The van der Waals surface area contributed by atoms with Crippen LogP contribution in [0, 0.1) is 11.8 Å². The highest BCUT2D eigenvalue weighted by molar-refractivity contribution is 5.54. The fourth-order valence-corrected chi connectivity index (χ4v) is 2.84. The van der Waals surface area contributed by atoms with Crippen molar-refractivity contribution in [3.8, 4) is 0 Å². The van der Waals surface area contributed by atoms with E-state index in [2.05, 4.69) is 48.1 Å². The van der Waals surface area contributed by atoms with Crippen molar-refractivity contribution in [2.24, 2.45) is 11.8 Å². The first-order chi connectivity index (χ1) is 8.69. The van der Waals surface area contributed by atoms with Crippen LogP contribution in [0.2, 0.25) is 0 Å². The first-order valence-electron chi connectivity index (χ1n) is 7.14. The number of nitrogens with zero attached hydrogens (tertiary/aromatic N) is 2. The maximum Gasteiger partial charge on any atom is 0.127 e. The number of hydrogen-bond acceptors (Lipinski definition) is 3. The number of anilines is 2. The Labute approximate surface area is 111 Å². The zero-order valence-electron chi connectivity index (χ0n) is 11.8. The van der Waals surface area contributed by atoms with Crippen molar-refractivity contribution in [3.63, 3.8) is 0 Å². The van der Waals surface area contributed by atoms with Crippen molar-refractivity contribution in [3.05, 3.63) is 18.3 Å². The van der Waals surface area contributed by atoms with Crippen molar-refractivity contribution in [2.75, 3.05) is 29.9 Å². The molecule has 18 heavy (non-hydrogen) atoms. The van der Waals surface area contributed by atoms with E-state index < -0.39 is 0 Å². The molecule has 0 aromatic carbocycles. The average molecular weight is 247 g/mol. The van der Waals surface area contributed by atoms with Gasteiger partial charge in [0.05, 0.1) is 0 Å². The summed E-state index contributed by atoms with van der Waals surface area (Å²) in [6.07, 6.45) is 4.39. The van der Waals surface area contributed by atoms with Gasteiger partial charge in [0, 0.05) is 37.6 Å². The van der Waals surface area contributed by atoms with Gasteiger partial charge in [-0.15, -0.1) is 0 Å². The van der Waals surface area contributed by atoms with Crippen LogP contribution >= 0.6 is 0 Å². The molecule has 2 unspecified atom stereocenters. The van der Waals surface area contributed by atoms with Gasteiger partial charge in [0.25, 0.3) is 0 Å². The molecule has 1 aromatic heterocycles. The van der Waals surface area contributed by atoms with Crippen LogP contribution in [-0.4, -0.2) is 24.6 Å². The first-order valence-corrected chi connectivity index (χ1v) is 7.14. The Morgan fingerprint density at radius 2 is 2.06 bits per heavy atom. The smallest absolute Gasteiger partial charge is 0.127 e. The van der Waals surface area contributed by atoms with Crippen molar-refractivity contribution >= 4 is 11.5 Å². The molecule has 2 atom stereocenters. The summed E-state index contributed by atoms with van der Waals surface area (Å²) in [7, 11) is 0. The third-order valence-electron chi connectivity index (χ3n) is 3.53. The summed E-state index contributed by atoms with van der Waals surface area (Å²) in [5, 5.41) is 3.36. The molecule has 2 rings (SSSR count). The van der Waals surface area contributed by atoms with Crippen LogP contribution in [0.1, 0.15) is 33.6 Å². The van der Waals surface area contributed by atoms with Gasteiger partial charge in [-0.25, -0.2) is 4.98 Å². The standard InChI is InChI=1S/C15H25N3/c1-4-6-16-15-9-14(5-7-17-15)18-10-12(2)8-13(3)11-18/h5,7,9,12-13H,4,6,8,10-11H2,1-3H3,(H,16,17). The van der Waals surface area contributed by atoms with E-state index in [1.165, 1.54) is 25.2 Å². The van der Waals surface area contributed by atoms with Gasteiger partial charge < -0.3 is 10.2 Å². The molecule has 0 bridgehead atoms. The monoisotopic (exact) mass is 247 g/mol. The van der Waals surface area contributed by atoms with Crippen LogP contribution in [0.5, 0.6) is 0 Å². The van der Waals surface area contributed by atoms with E-state index in [9.17, 15) is 0 Å². The highest BCUT2D eigenvalue weighted by atomic mass is 15.1. The summed E-state index contributed by atoms with van der Waals surface area (Å²) in [4.78, 5) is 6.87. The Kier molecular flexibility index (Phi) is 4.45. The second-order valence-corrected chi connectivity index (χ2v) is 5.68. The molecule has 1 fully saturated rings. The maximum atomic E-state index is 4.37. The van der Waals surface area contributed by atoms with E-state index in [1.54, 1.807) is 0 Å². The molecule has 0 radical (unpaired) electrons. The molecule has 0 saturated carbocycles. The minimum Gasteiger partial charge on any atom is -0.371 e. The van der Waals surface area contributed by atoms with E-state index in [4.69, 9.17) is 0 Å². The second kappa shape index (κ2) is 6.07. The van der Waals surface area contributed by atoms with E-state index in [0.717, 1.165) is 30.6 Å². The van der Waals surface area contributed by atoms with Crippen molar-refractivity contribution in [1.82, 2.24) is 4.98 Å². The molecule has 3 heteroatoms. The Morgan fingerprint density at radius 3 is 2.72 bits per heavy atom. The lowest BCUT2D eigenvalue weighted by Gasteiger charge is -2.36. The molecule has 0 spiro atoms. The van der Waals surface area contributed by atoms with Crippen LogP contribution in [0.15, 0.2) is 18.3 Å². The summed E-state index contributed by atoms with van der Waals surface area (Å²) in [6.45, 7) is 10.2. The fourth-order valence-electron chi connectivity index (χ4n) is 2.84. The van der Waals surface area contributed by atoms with Crippen molar-refractivity contribution < 1.29 is 0 Å². The van der Waals surface area contributed by atoms with Crippen LogP contribution < -0.4 is 10.2 Å². The van der Waals surface area contributed by atoms with Gasteiger partial charge in [-0.3, -0.25) is 0 Å². The maximum absolute atomic E-state index is 4.37. The lowest BCUT2D eigenvalue weighted by molar-refractivity contribution is 0.357. The molecule has 1 aromatic rings. The number of hydrogen-bond donors (Lipinski definition) is 1. The fraction of sp³-hybridized carbons (Fsp3) is 0.667. The third kappa shape index (κ3) is 3.37. The zero-order chi connectivity index (χ0) is 13.0. The van der Waals surface area contributed by atoms with Gasteiger partial charge in [-0.2, -0.15) is 0 Å². The topological polar surface area (TPSA) is 28.2 Å². The van der Waals surface area contributed by atoms with Gasteiger partial charge in [0.15, 0.2) is 0 Å². The van der Waals surface area contributed by atoms with Crippen molar-refractivity contribution in [1.29, 1.82) is 0 Å². The predicted octanol–water partition coefficient (Wildman–Crippen LogP) is 3.39. The Bertz CT molecular complexity index is 368. The highest BCUT2D eigenvalue weighted by Crippen LogP contribution is 2.27. The lowest BCUT2D eigenvalue weighted by atomic mass is 9.91. The summed E-state index contributed by atoms with van der Waals surface area (Å²) in [6, 6.07) is 4.31. The molecule has 3 nitrogen and oxygen atoms in total. The largest absolute Gasteiger partial charge is 0.371 e. The van der Waals surface area contributed by atoms with E-state index >= 15 is 0 Å². The summed E-state index contributed by atoms with van der Waals surface area (Å²) >= 11 is 0. The Morgan fingerprint density at radius 1 is 1.33 bits per heavy atom. The highest BCUT2D eigenvalue weighted by Gasteiger charge is 2.22. The predicted molar refractivity (Wildman–Crippen MR) is 78.2 cm³/mol. The summed E-state index contributed by atoms with van der Waals surface area (Å²) < 4.78 is 0. The molecule has 1 N–H and O–H groups in total. The van der Waals surface area contributed by atoms with Crippen LogP contribution in [-0.2, 0) is 0 Å². The molecule has 2 heterocycles. The molecule has 0 aliphatic carbocycles. The zero-order valence-corrected chi connectivity index (χ0v) is 11.8. The van der Waals surface area contributed by atoms with Gasteiger partial charge in [0.2, 0.25) is 0 Å². The number of aromatic nitrogens is 1. The van der Waals surface area contributed by atoms with Crippen LogP contribution in [0.25, 0.3) is 0 Å². The minimum atomic E-state index is 0.786. The first kappa shape index (κ1) is 13.2. The Balaban J connectivity index is 2.07. The molecular formula is C15H25N3. The number of pyridine rings is 1. The van der Waals surface area contributed by atoms with Gasteiger partial charge >= 0.3 is 0 Å². The Hall–Kier alpha value is -1.25. The number of piperidine rings is 1.